The molecule has 4 aromatic rings. The summed E-state index contributed by atoms with van der Waals surface area (Å²) >= 11 is 8.82. The number of amides is 2. The first-order valence-corrected chi connectivity index (χ1v) is 12.6. The first-order chi connectivity index (χ1) is 16.9. The van der Waals surface area contributed by atoms with Gasteiger partial charge < -0.3 is 5.32 Å². The number of carbonyl (C=O) groups is 3. The maximum Gasteiger partial charge on any atom is 0.259 e. The number of hydrogen-bond acceptors (Lipinski definition) is 7. The molecule has 0 aliphatic carbocycles. The summed E-state index contributed by atoms with van der Waals surface area (Å²) in [6, 6.07) is 20.8. The lowest BCUT2D eigenvalue weighted by Crippen LogP contribution is -2.12. The molecule has 4 rings (SSSR count). The number of Topliss-reactive ketones (excluding diaryl/α,β-unsaturated/α-hetero) is 1. The number of nitrogens with one attached hydrogen (secondary N) is 2. The molecule has 0 spiro atoms. The van der Waals surface area contributed by atoms with Crippen molar-refractivity contribution in [2.24, 2.45) is 0 Å². The van der Waals surface area contributed by atoms with Crippen molar-refractivity contribution in [3.8, 4) is 0 Å². The normalized spacial score (nSPS) is 10.6. The summed E-state index contributed by atoms with van der Waals surface area (Å²) in [5, 5.41) is 14.4. The quantitative estimate of drug-likeness (QED) is 0.162. The SMILES string of the molecule is CC(=O)c1ccc(NC(=O)c2ccc(CSc3nnc(NC(=O)c4ccccc4Cl)s3)cc2)cc1. The monoisotopic (exact) mass is 522 g/mol. The molecule has 1 aromatic heterocycles. The van der Waals surface area contributed by atoms with E-state index in [4.69, 9.17) is 11.6 Å². The third-order valence-electron chi connectivity index (χ3n) is 4.87. The lowest BCUT2D eigenvalue weighted by molar-refractivity contribution is 0.101. The van der Waals surface area contributed by atoms with E-state index in [0.717, 1.165) is 5.56 Å². The van der Waals surface area contributed by atoms with Gasteiger partial charge in [0, 0.05) is 22.6 Å². The van der Waals surface area contributed by atoms with Crippen molar-refractivity contribution in [3.63, 3.8) is 0 Å². The van der Waals surface area contributed by atoms with E-state index >= 15 is 0 Å². The molecule has 0 aliphatic rings. The Balaban J connectivity index is 1.29. The minimum atomic E-state index is -0.341. The second kappa shape index (κ2) is 11.3. The van der Waals surface area contributed by atoms with E-state index in [1.54, 1.807) is 60.7 Å². The molecule has 10 heteroatoms. The summed E-state index contributed by atoms with van der Waals surface area (Å²) in [6.07, 6.45) is 0. The number of thioether (sulfide) groups is 1. The van der Waals surface area contributed by atoms with E-state index in [1.165, 1.54) is 30.0 Å². The maximum atomic E-state index is 12.5. The third kappa shape index (κ3) is 6.54. The van der Waals surface area contributed by atoms with Gasteiger partial charge in [-0.25, -0.2) is 0 Å². The van der Waals surface area contributed by atoms with Gasteiger partial charge in [-0.3, -0.25) is 19.7 Å². The smallest absolute Gasteiger partial charge is 0.259 e. The van der Waals surface area contributed by atoms with Crippen molar-refractivity contribution in [2.75, 3.05) is 10.6 Å². The molecule has 0 unspecified atom stereocenters. The van der Waals surface area contributed by atoms with E-state index in [0.29, 0.717) is 42.6 Å². The second-order valence-electron chi connectivity index (χ2n) is 7.38. The van der Waals surface area contributed by atoms with Crippen molar-refractivity contribution in [1.29, 1.82) is 0 Å². The highest BCUT2D eigenvalue weighted by atomic mass is 35.5. The number of halogens is 1. The Morgan fingerprint density at radius 3 is 2.23 bits per heavy atom. The number of nitrogens with zero attached hydrogens (tertiary/aromatic N) is 2. The first kappa shape index (κ1) is 24.6. The molecule has 0 aliphatic heterocycles. The molecule has 7 nitrogen and oxygen atoms in total. The van der Waals surface area contributed by atoms with Crippen LogP contribution in [0.3, 0.4) is 0 Å². The molecule has 35 heavy (non-hydrogen) atoms. The van der Waals surface area contributed by atoms with Crippen molar-refractivity contribution in [1.82, 2.24) is 10.2 Å². The largest absolute Gasteiger partial charge is 0.322 e. The number of hydrogen-bond donors (Lipinski definition) is 2. The molecular formula is C25H19ClN4O3S2. The van der Waals surface area contributed by atoms with Crippen LogP contribution in [0.25, 0.3) is 0 Å². The molecule has 176 valence electrons. The van der Waals surface area contributed by atoms with Gasteiger partial charge in [0.15, 0.2) is 10.1 Å². The predicted molar refractivity (Wildman–Crippen MR) is 140 cm³/mol. The number of benzene rings is 3. The fourth-order valence-electron chi connectivity index (χ4n) is 3.02. The first-order valence-electron chi connectivity index (χ1n) is 10.4. The summed E-state index contributed by atoms with van der Waals surface area (Å²) in [7, 11) is 0. The molecule has 3 aromatic carbocycles. The number of ketones is 1. The second-order valence-corrected chi connectivity index (χ2v) is 9.99. The molecule has 2 N–H and O–H groups in total. The van der Waals surface area contributed by atoms with Gasteiger partial charge in [-0.2, -0.15) is 0 Å². The Bertz CT molecular complexity index is 1370. The molecule has 0 saturated heterocycles. The minimum absolute atomic E-state index is 0.0251. The summed E-state index contributed by atoms with van der Waals surface area (Å²) in [5.41, 5.74) is 3.11. The van der Waals surface area contributed by atoms with Gasteiger partial charge in [0.05, 0.1) is 10.6 Å². The third-order valence-corrected chi connectivity index (χ3v) is 7.25. The average Bonchev–Trinajstić information content (AvgIpc) is 3.30. The van der Waals surface area contributed by atoms with Crippen molar-refractivity contribution >= 4 is 63.1 Å². The zero-order valence-electron chi connectivity index (χ0n) is 18.4. The van der Waals surface area contributed by atoms with Crippen molar-refractivity contribution in [2.45, 2.75) is 17.0 Å². The lowest BCUT2D eigenvalue weighted by Gasteiger charge is -2.07. The molecule has 0 bridgehead atoms. The molecule has 2 amide bonds. The van der Waals surface area contributed by atoms with Crippen LogP contribution in [0, 0.1) is 0 Å². The highest BCUT2D eigenvalue weighted by molar-refractivity contribution is 8.00. The van der Waals surface area contributed by atoms with E-state index < -0.39 is 0 Å². The van der Waals surface area contributed by atoms with Crippen LogP contribution in [0.4, 0.5) is 10.8 Å². The topological polar surface area (TPSA) is 101 Å². The Hall–Kier alpha value is -3.53. The van der Waals surface area contributed by atoms with E-state index in [-0.39, 0.29) is 17.6 Å². The number of carbonyl (C=O) groups excluding carboxylic acids is 3. The standard InChI is InChI=1S/C25H19ClN4O3S2/c1-15(31)17-10-12-19(13-11-17)27-22(32)18-8-6-16(7-9-18)14-34-25-30-29-24(35-25)28-23(33)20-4-2-3-5-21(20)26/h2-13H,14H2,1H3,(H,27,32)(H,28,29,33). The van der Waals surface area contributed by atoms with Gasteiger partial charge >= 0.3 is 0 Å². The van der Waals surface area contributed by atoms with Gasteiger partial charge in [0.25, 0.3) is 11.8 Å². The summed E-state index contributed by atoms with van der Waals surface area (Å²) < 4.78 is 0.704. The van der Waals surface area contributed by atoms with Crippen LogP contribution in [0.5, 0.6) is 0 Å². The van der Waals surface area contributed by atoms with Crippen LogP contribution in [0.1, 0.15) is 43.6 Å². The van der Waals surface area contributed by atoms with Gasteiger partial charge in [-0.05, 0) is 61.0 Å². The number of rotatable bonds is 8. The van der Waals surface area contributed by atoms with Crippen molar-refractivity contribution < 1.29 is 14.4 Å². The van der Waals surface area contributed by atoms with Gasteiger partial charge in [-0.15, -0.1) is 10.2 Å². The molecule has 0 fully saturated rings. The zero-order valence-corrected chi connectivity index (χ0v) is 20.8. The molecule has 0 saturated carbocycles. The molecule has 0 atom stereocenters. The molecule has 0 radical (unpaired) electrons. The van der Waals surface area contributed by atoms with Crippen molar-refractivity contribution in [3.05, 3.63) is 100 Å². The van der Waals surface area contributed by atoms with E-state index in [2.05, 4.69) is 20.8 Å². The van der Waals surface area contributed by atoms with Gasteiger partial charge in [0.2, 0.25) is 5.13 Å². The molecule has 1 heterocycles. The van der Waals surface area contributed by atoms with E-state index in [9.17, 15) is 14.4 Å². The van der Waals surface area contributed by atoms with Gasteiger partial charge in [0.1, 0.15) is 0 Å². The van der Waals surface area contributed by atoms with Crippen LogP contribution >= 0.6 is 34.7 Å². The Morgan fingerprint density at radius 1 is 0.857 bits per heavy atom. The average molecular weight is 523 g/mol. The predicted octanol–water partition coefficient (Wildman–Crippen LogP) is 6.19. The van der Waals surface area contributed by atoms with Crippen LogP contribution in [0.2, 0.25) is 5.02 Å². The zero-order chi connectivity index (χ0) is 24.8. The summed E-state index contributed by atoms with van der Waals surface area (Å²) in [4.78, 5) is 36.2. The highest BCUT2D eigenvalue weighted by Crippen LogP contribution is 2.29. The van der Waals surface area contributed by atoms with Gasteiger partial charge in [-0.1, -0.05) is 59.0 Å². The number of anilines is 2. The Kier molecular flexibility index (Phi) is 7.91. The minimum Gasteiger partial charge on any atom is -0.322 e. The molecular weight excluding hydrogens is 504 g/mol. The Labute approximate surface area is 214 Å². The number of aromatic nitrogens is 2. The fraction of sp³-hybridized carbons (Fsp3) is 0.0800. The fourth-order valence-corrected chi connectivity index (χ4v) is 4.94. The Morgan fingerprint density at radius 2 is 1.54 bits per heavy atom. The summed E-state index contributed by atoms with van der Waals surface area (Å²) in [6.45, 7) is 1.50. The van der Waals surface area contributed by atoms with Crippen LogP contribution in [-0.4, -0.2) is 27.8 Å². The van der Waals surface area contributed by atoms with Crippen LogP contribution < -0.4 is 10.6 Å². The maximum absolute atomic E-state index is 12.5. The highest BCUT2D eigenvalue weighted by Gasteiger charge is 2.13. The van der Waals surface area contributed by atoms with E-state index in [1.807, 2.05) is 12.1 Å². The van der Waals surface area contributed by atoms with Crippen LogP contribution in [0.15, 0.2) is 77.1 Å². The summed E-state index contributed by atoms with van der Waals surface area (Å²) in [5.74, 6) is 0.0271. The lowest BCUT2D eigenvalue weighted by atomic mass is 10.1. The van der Waals surface area contributed by atoms with Crippen LogP contribution in [-0.2, 0) is 5.75 Å².